The van der Waals surface area contributed by atoms with E-state index in [1.54, 1.807) is 0 Å². The Balaban J connectivity index is 1.11. The van der Waals surface area contributed by atoms with Crippen LogP contribution in [-0.4, -0.2) is 16.1 Å². The number of allylic oxidation sites excluding steroid dienone is 1. The number of para-hydroxylation sites is 3. The molecule has 1 aliphatic rings. The zero-order valence-electron chi connectivity index (χ0n) is 33.8. The van der Waals surface area contributed by atoms with Crippen LogP contribution in [0.1, 0.15) is 30.0 Å². The second-order valence-corrected chi connectivity index (χ2v) is 16.5. The van der Waals surface area contributed by atoms with Crippen molar-refractivity contribution in [1.29, 1.82) is 0 Å². The van der Waals surface area contributed by atoms with Gasteiger partial charge < -0.3 is 13.4 Å². The molecule has 1 aliphatic heterocycles. The Labute approximate surface area is 356 Å². The van der Waals surface area contributed by atoms with Gasteiger partial charge in [-0.3, -0.25) is 0 Å². The first kappa shape index (κ1) is 34.8. The van der Waals surface area contributed by atoms with Crippen molar-refractivity contribution in [2.75, 3.05) is 0 Å². The van der Waals surface area contributed by atoms with E-state index in [1.807, 2.05) is 18.2 Å². The van der Waals surface area contributed by atoms with E-state index >= 15 is 0 Å². The molecular formula is C57H37N3O2. The molecule has 292 valence electrons. The molecule has 5 heteroatoms. The highest BCUT2D eigenvalue weighted by atomic mass is 16.3. The van der Waals surface area contributed by atoms with E-state index < -0.39 is 0 Å². The van der Waals surface area contributed by atoms with Crippen molar-refractivity contribution in [2.45, 2.75) is 13.3 Å². The molecule has 1 atom stereocenters. The third-order valence-electron chi connectivity index (χ3n) is 12.8. The van der Waals surface area contributed by atoms with Gasteiger partial charge in [-0.15, -0.1) is 0 Å². The van der Waals surface area contributed by atoms with Gasteiger partial charge in [0.2, 0.25) is 0 Å². The van der Waals surface area contributed by atoms with E-state index in [4.69, 9.17) is 18.8 Å². The van der Waals surface area contributed by atoms with E-state index in [2.05, 4.69) is 181 Å². The Hall–Kier alpha value is -8.02. The summed E-state index contributed by atoms with van der Waals surface area (Å²) < 4.78 is 15.3. The molecule has 0 fully saturated rings. The number of fused-ring (bicyclic) bond motifs is 11. The Bertz CT molecular complexity index is 3930. The molecule has 0 saturated carbocycles. The summed E-state index contributed by atoms with van der Waals surface area (Å²) in [6.07, 6.45) is 3.05. The molecule has 0 amide bonds. The first-order valence-electron chi connectivity index (χ1n) is 21.3. The van der Waals surface area contributed by atoms with Gasteiger partial charge in [-0.25, -0.2) is 9.98 Å². The second kappa shape index (κ2) is 13.5. The summed E-state index contributed by atoms with van der Waals surface area (Å²) in [6, 6.07) is 64.5. The van der Waals surface area contributed by atoms with Crippen molar-refractivity contribution in [3.63, 3.8) is 0 Å². The molecule has 1 unspecified atom stereocenters. The Morgan fingerprint density at radius 2 is 1.10 bits per heavy atom. The lowest BCUT2D eigenvalue weighted by Crippen LogP contribution is -2.17. The van der Waals surface area contributed by atoms with Crippen LogP contribution in [0.5, 0.6) is 0 Å². The molecule has 0 radical (unpaired) electrons. The van der Waals surface area contributed by atoms with Crippen LogP contribution in [0.2, 0.25) is 0 Å². The van der Waals surface area contributed by atoms with Crippen molar-refractivity contribution in [2.24, 2.45) is 15.9 Å². The molecule has 3 aromatic heterocycles. The fraction of sp³-hybridized carbons (Fsp3) is 0.0526. The van der Waals surface area contributed by atoms with Gasteiger partial charge in [-0.05, 0) is 100 Å². The lowest BCUT2D eigenvalue weighted by atomic mass is 9.91. The standard InChI is InChI=1S/C57H37N3O2/c1-34-22-26-46(58-57(40-24-23-35-12-2-3-13-36(35)30-40)59-56(34)39-25-28-52-45(32-39)42-17-7-10-20-50(42)61-52)55-48(27-29-53-54(55)43-18-8-11-21-51(43)62-53)60-47-19-9-6-16-41(47)44-31-37-14-4-5-15-38(37)33-49(44)60/h2-21,23-34H,22H2,1H3/b46-26+,58-57?,59-56?. The molecule has 0 aliphatic carbocycles. The molecule has 9 aromatic carbocycles. The molecule has 0 N–H and O–H groups in total. The number of benzene rings is 9. The normalized spacial score (nSPS) is 15.8. The van der Waals surface area contributed by atoms with Gasteiger partial charge in [-0.1, -0.05) is 128 Å². The van der Waals surface area contributed by atoms with Crippen molar-refractivity contribution in [1.82, 2.24) is 4.57 Å². The predicted octanol–water partition coefficient (Wildman–Crippen LogP) is 15.2. The maximum absolute atomic E-state index is 6.64. The van der Waals surface area contributed by atoms with Crippen molar-refractivity contribution < 1.29 is 8.83 Å². The maximum Gasteiger partial charge on any atom is 0.160 e. The number of rotatable bonds is 4. The zero-order valence-corrected chi connectivity index (χ0v) is 33.8. The molecule has 62 heavy (non-hydrogen) atoms. The quantitative estimate of drug-likeness (QED) is 0.178. The molecule has 0 bridgehead atoms. The van der Waals surface area contributed by atoms with E-state index in [0.29, 0.717) is 5.84 Å². The summed E-state index contributed by atoms with van der Waals surface area (Å²) >= 11 is 0. The fourth-order valence-corrected chi connectivity index (χ4v) is 9.82. The highest BCUT2D eigenvalue weighted by molar-refractivity contribution is 6.20. The van der Waals surface area contributed by atoms with Gasteiger partial charge in [0.05, 0.1) is 28.1 Å². The number of furan rings is 2. The van der Waals surface area contributed by atoms with Crippen LogP contribution in [-0.2, 0) is 0 Å². The number of amidine groups is 1. The first-order chi connectivity index (χ1) is 30.6. The predicted molar refractivity (Wildman–Crippen MR) is 258 cm³/mol. The number of hydrogen-bond donors (Lipinski definition) is 0. The molecule has 13 rings (SSSR count). The molecule has 12 aromatic rings. The average molecular weight is 796 g/mol. The second-order valence-electron chi connectivity index (χ2n) is 16.5. The number of aliphatic imine (C=N–C) groups is 2. The van der Waals surface area contributed by atoms with Crippen LogP contribution in [0.15, 0.2) is 207 Å². The minimum absolute atomic E-state index is 0.0509. The smallest absolute Gasteiger partial charge is 0.160 e. The number of aromatic nitrogens is 1. The Kier molecular flexibility index (Phi) is 7.58. The van der Waals surface area contributed by atoms with Crippen LogP contribution in [0, 0.1) is 5.92 Å². The summed E-state index contributed by atoms with van der Waals surface area (Å²) in [5, 5.41) is 11.4. The monoisotopic (exact) mass is 795 g/mol. The topological polar surface area (TPSA) is 55.9 Å². The molecule has 4 heterocycles. The maximum atomic E-state index is 6.64. The van der Waals surface area contributed by atoms with Gasteiger partial charge in [0.1, 0.15) is 22.3 Å². The van der Waals surface area contributed by atoms with Gasteiger partial charge >= 0.3 is 0 Å². The lowest BCUT2D eigenvalue weighted by molar-refractivity contribution is 0.668. The van der Waals surface area contributed by atoms with Crippen LogP contribution in [0.4, 0.5) is 0 Å². The SMILES string of the molecule is CC1C/C=C(\c2c(-n3c4ccccc4c4cc5ccccc5cc43)ccc3oc4ccccc4c23)N=C(c2ccc3ccccc3c2)N=C1c1ccc2oc3ccccc3c2c1. The average Bonchev–Trinajstić information content (AvgIpc) is 3.98. The number of nitrogens with zero attached hydrogens (tertiary/aromatic N) is 3. The van der Waals surface area contributed by atoms with Crippen molar-refractivity contribution >= 4 is 104 Å². The highest BCUT2D eigenvalue weighted by Crippen LogP contribution is 2.43. The third kappa shape index (κ3) is 5.35. The van der Waals surface area contributed by atoms with E-state index in [-0.39, 0.29) is 5.92 Å². The van der Waals surface area contributed by atoms with Gasteiger partial charge in [0.25, 0.3) is 0 Å². The number of hydrogen-bond acceptors (Lipinski definition) is 4. The summed E-state index contributed by atoms with van der Waals surface area (Å²) in [4.78, 5) is 11.4. The van der Waals surface area contributed by atoms with Crippen LogP contribution in [0.25, 0.3) is 98.6 Å². The molecular weight excluding hydrogens is 759 g/mol. The summed E-state index contributed by atoms with van der Waals surface area (Å²) in [7, 11) is 0. The lowest BCUT2D eigenvalue weighted by Gasteiger charge is -2.21. The van der Waals surface area contributed by atoms with E-state index in [0.717, 1.165) is 101 Å². The van der Waals surface area contributed by atoms with Crippen molar-refractivity contribution in [3.05, 3.63) is 205 Å². The highest BCUT2D eigenvalue weighted by Gasteiger charge is 2.26. The summed E-state index contributed by atoms with van der Waals surface area (Å²) in [6.45, 7) is 2.28. The fourth-order valence-electron chi connectivity index (χ4n) is 9.82. The van der Waals surface area contributed by atoms with E-state index in [9.17, 15) is 0 Å². The Morgan fingerprint density at radius 1 is 0.468 bits per heavy atom. The third-order valence-corrected chi connectivity index (χ3v) is 12.8. The van der Waals surface area contributed by atoms with Crippen LogP contribution in [0.3, 0.4) is 0 Å². The largest absolute Gasteiger partial charge is 0.456 e. The van der Waals surface area contributed by atoms with Gasteiger partial charge in [0, 0.05) is 49.4 Å². The zero-order chi connectivity index (χ0) is 40.9. The van der Waals surface area contributed by atoms with Crippen LogP contribution >= 0.6 is 0 Å². The minimum Gasteiger partial charge on any atom is -0.456 e. The molecule has 0 saturated heterocycles. The first-order valence-corrected chi connectivity index (χ1v) is 21.3. The van der Waals surface area contributed by atoms with E-state index in [1.165, 1.54) is 26.9 Å². The van der Waals surface area contributed by atoms with Crippen molar-refractivity contribution in [3.8, 4) is 5.69 Å². The van der Waals surface area contributed by atoms with Gasteiger partial charge in [-0.2, -0.15) is 0 Å². The molecule has 5 nitrogen and oxygen atoms in total. The van der Waals surface area contributed by atoms with Gasteiger partial charge in [0.15, 0.2) is 5.84 Å². The minimum atomic E-state index is 0.0509. The van der Waals surface area contributed by atoms with Crippen LogP contribution < -0.4 is 0 Å². The summed E-state index contributed by atoms with van der Waals surface area (Å²) in [5.74, 6) is 0.708. The summed E-state index contributed by atoms with van der Waals surface area (Å²) in [5.41, 5.74) is 11.6. The molecule has 0 spiro atoms. The Morgan fingerprint density at radius 3 is 1.94 bits per heavy atom.